The molecular weight excluding hydrogens is 511 g/mol. The van der Waals surface area contributed by atoms with E-state index >= 15 is 4.39 Å². The number of pyridine rings is 1. The van der Waals surface area contributed by atoms with Gasteiger partial charge in [-0.3, -0.25) is 9.48 Å². The van der Waals surface area contributed by atoms with E-state index in [0.717, 1.165) is 29.3 Å². The third-order valence-electron chi connectivity index (χ3n) is 7.43. The van der Waals surface area contributed by atoms with Crippen LogP contribution in [-0.2, 0) is 11.3 Å². The van der Waals surface area contributed by atoms with E-state index in [1.807, 2.05) is 47.7 Å². The Morgan fingerprint density at radius 2 is 1.90 bits per heavy atom. The number of hydrogen-bond donors (Lipinski definition) is 2. The first-order valence-electron chi connectivity index (χ1n) is 13.5. The van der Waals surface area contributed by atoms with E-state index < -0.39 is 5.82 Å². The van der Waals surface area contributed by atoms with E-state index in [1.54, 1.807) is 32.5 Å². The molecule has 2 aromatic carbocycles. The lowest BCUT2D eigenvalue weighted by Gasteiger charge is -2.33. The highest BCUT2D eigenvalue weighted by Crippen LogP contribution is 2.38. The van der Waals surface area contributed by atoms with Crippen LogP contribution in [0.1, 0.15) is 38.3 Å². The monoisotopic (exact) mass is 546 g/mol. The average Bonchev–Trinajstić information content (AvgIpc) is 3.35. The molecule has 210 valence electrons. The van der Waals surface area contributed by atoms with Crippen LogP contribution in [0.4, 0.5) is 15.9 Å². The summed E-state index contributed by atoms with van der Waals surface area (Å²) in [6, 6.07) is 12.2. The SMILES string of the molecule is COc1ccc(CNc2nccc3c2c(-c2ccc(N)cc2F)nn3C2CCN(C(=O)C(C)C)CC2)c(OC)c1. The molecular formula is C30H35FN6O3. The van der Waals surface area contributed by atoms with E-state index in [9.17, 15) is 4.79 Å². The lowest BCUT2D eigenvalue weighted by Crippen LogP contribution is -2.41. The molecule has 1 aliphatic rings. The predicted molar refractivity (Wildman–Crippen MR) is 154 cm³/mol. The molecule has 0 bridgehead atoms. The molecule has 0 saturated carbocycles. The number of hydrogen-bond acceptors (Lipinski definition) is 7. The Hall–Kier alpha value is -4.34. The number of nitrogen functional groups attached to an aromatic ring is 1. The molecule has 3 N–H and O–H groups in total. The average molecular weight is 547 g/mol. The first kappa shape index (κ1) is 27.2. The summed E-state index contributed by atoms with van der Waals surface area (Å²) in [5.74, 6) is 1.65. The summed E-state index contributed by atoms with van der Waals surface area (Å²) >= 11 is 0. The topological polar surface area (TPSA) is 108 Å². The van der Waals surface area contributed by atoms with Crippen molar-refractivity contribution in [3.8, 4) is 22.8 Å². The Balaban J connectivity index is 1.54. The maximum Gasteiger partial charge on any atom is 0.225 e. The smallest absolute Gasteiger partial charge is 0.225 e. The third kappa shape index (κ3) is 5.25. The lowest BCUT2D eigenvalue weighted by molar-refractivity contribution is -0.135. The number of nitrogens with one attached hydrogen (secondary N) is 1. The molecule has 5 rings (SSSR count). The van der Waals surface area contributed by atoms with Crippen LogP contribution in [0.5, 0.6) is 11.5 Å². The third-order valence-corrected chi connectivity index (χ3v) is 7.43. The van der Waals surface area contributed by atoms with Crippen LogP contribution in [0.2, 0.25) is 0 Å². The number of anilines is 2. The number of amides is 1. The Kier molecular flexibility index (Phi) is 7.77. The van der Waals surface area contributed by atoms with Crippen LogP contribution >= 0.6 is 0 Å². The van der Waals surface area contributed by atoms with Gasteiger partial charge in [0.15, 0.2) is 0 Å². The van der Waals surface area contributed by atoms with E-state index in [0.29, 0.717) is 53.9 Å². The van der Waals surface area contributed by atoms with Gasteiger partial charge < -0.3 is 25.4 Å². The number of ether oxygens (including phenoxy) is 2. The number of carbonyl (C=O) groups excluding carboxylic acids is 1. The molecule has 0 atom stereocenters. The van der Waals surface area contributed by atoms with Gasteiger partial charge in [0.2, 0.25) is 5.91 Å². The van der Waals surface area contributed by atoms with Crippen LogP contribution in [0.3, 0.4) is 0 Å². The minimum Gasteiger partial charge on any atom is -0.497 e. The van der Waals surface area contributed by atoms with Gasteiger partial charge in [0, 0.05) is 54.6 Å². The molecule has 10 heteroatoms. The fourth-order valence-corrected chi connectivity index (χ4v) is 5.28. The summed E-state index contributed by atoms with van der Waals surface area (Å²) in [6.07, 6.45) is 3.24. The minimum atomic E-state index is -0.449. The molecule has 0 radical (unpaired) electrons. The summed E-state index contributed by atoms with van der Waals surface area (Å²) in [5, 5.41) is 9.11. The molecule has 1 fully saturated rings. The van der Waals surface area contributed by atoms with Crippen molar-refractivity contribution in [2.24, 2.45) is 5.92 Å². The Bertz CT molecular complexity index is 1530. The molecule has 1 aliphatic heterocycles. The summed E-state index contributed by atoms with van der Waals surface area (Å²) in [7, 11) is 3.22. The number of fused-ring (bicyclic) bond motifs is 1. The van der Waals surface area contributed by atoms with Gasteiger partial charge in [-0.1, -0.05) is 13.8 Å². The number of carbonyl (C=O) groups is 1. The molecule has 1 amide bonds. The second-order valence-corrected chi connectivity index (χ2v) is 10.3. The molecule has 9 nitrogen and oxygen atoms in total. The van der Waals surface area contributed by atoms with Gasteiger partial charge in [0.25, 0.3) is 0 Å². The van der Waals surface area contributed by atoms with Crippen molar-refractivity contribution in [3.63, 3.8) is 0 Å². The molecule has 4 aromatic rings. The number of aromatic nitrogens is 3. The van der Waals surface area contributed by atoms with Crippen LogP contribution < -0.4 is 20.5 Å². The number of methoxy groups -OCH3 is 2. The zero-order valence-corrected chi connectivity index (χ0v) is 23.3. The Labute approximate surface area is 233 Å². The fraction of sp³-hybridized carbons (Fsp3) is 0.367. The van der Waals surface area contributed by atoms with Gasteiger partial charge in [0.05, 0.1) is 31.2 Å². The first-order valence-corrected chi connectivity index (χ1v) is 13.5. The highest BCUT2D eigenvalue weighted by molar-refractivity contribution is 6.01. The highest BCUT2D eigenvalue weighted by Gasteiger charge is 2.29. The molecule has 1 saturated heterocycles. The van der Waals surface area contributed by atoms with Crippen molar-refractivity contribution in [2.45, 2.75) is 39.3 Å². The largest absolute Gasteiger partial charge is 0.497 e. The second-order valence-electron chi connectivity index (χ2n) is 10.3. The van der Waals surface area contributed by atoms with Crippen LogP contribution in [0.15, 0.2) is 48.7 Å². The summed E-state index contributed by atoms with van der Waals surface area (Å²) < 4.78 is 28.1. The second kappa shape index (κ2) is 11.4. The van der Waals surface area contributed by atoms with Crippen molar-refractivity contribution >= 4 is 28.3 Å². The normalized spacial score (nSPS) is 14.1. The number of halogens is 1. The Morgan fingerprint density at radius 1 is 1.12 bits per heavy atom. The van der Waals surface area contributed by atoms with E-state index in [2.05, 4.69) is 10.3 Å². The van der Waals surface area contributed by atoms with E-state index in [-0.39, 0.29) is 17.9 Å². The summed E-state index contributed by atoms with van der Waals surface area (Å²) in [4.78, 5) is 19.1. The van der Waals surface area contributed by atoms with Crippen molar-refractivity contribution in [3.05, 3.63) is 60.0 Å². The molecule has 40 heavy (non-hydrogen) atoms. The standard InChI is InChI=1S/C30H35FN6O3/c1-18(2)30(38)36-13-10-21(11-14-36)37-25-9-12-33-29(34-17-19-5-7-22(39-3)16-26(19)40-4)27(25)28(35-37)23-8-6-20(32)15-24(23)31/h5-9,12,15-16,18,21H,10-11,13-14,17,32H2,1-4H3,(H,33,34). The number of nitrogens with zero attached hydrogens (tertiary/aromatic N) is 4. The molecule has 0 unspecified atom stereocenters. The van der Waals surface area contributed by atoms with Gasteiger partial charge in [-0.2, -0.15) is 5.10 Å². The number of nitrogens with two attached hydrogens (primary N) is 1. The number of piperidine rings is 1. The summed E-state index contributed by atoms with van der Waals surface area (Å²) in [6.45, 7) is 5.58. The maximum absolute atomic E-state index is 15.2. The van der Waals surface area contributed by atoms with Crippen LogP contribution in [-0.4, -0.2) is 52.9 Å². The fourth-order valence-electron chi connectivity index (χ4n) is 5.28. The molecule has 3 heterocycles. The number of benzene rings is 2. The Morgan fingerprint density at radius 3 is 2.58 bits per heavy atom. The number of likely N-dealkylation sites (tertiary alicyclic amines) is 1. The highest BCUT2D eigenvalue weighted by atomic mass is 19.1. The van der Waals surface area contributed by atoms with Gasteiger partial charge in [-0.15, -0.1) is 0 Å². The van der Waals surface area contributed by atoms with E-state index in [1.165, 1.54) is 6.07 Å². The zero-order chi connectivity index (χ0) is 28.4. The zero-order valence-electron chi connectivity index (χ0n) is 23.3. The quantitative estimate of drug-likeness (QED) is 0.290. The van der Waals surface area contributed by atoms with Crippen LogP contribution in [0.25, 0.3) is 22.2 Å². The predicted octanol–water partition coefficient (Wildman–Crippen LogP) is 5.27. The first-order chi connectivity index (χ1) is 19.3. The van der Waals surface area contributed by atoms with Crippen molar-refractivity contribution in [1.29, 1.82) is 0 Å². The van der Waals surface area contributed by atoms with Crippen molar-refractivity contribution in [1.82, 2.24) is 19.7 Å². The van der Waals surface area contributed by atoms with Gasteiger partial charge in [-0.05, 0) is 49.2 Å². The van der Waals surface area contributed by atoms with Crippen molar-refractivity contribution in [2.75, 3.05) is 38.4 Å². The minimum absolute atomic E-state index is 0.0359. The molecule has 0 spiro atoms. The molecule has 2 aromatic heterocycles. The summed E-state index contributed by atoms with van der Waals surface area (Å²) in [5.41, 5.74) is 8.79. The van der Waals surface area contributed by atoms with E-state index in [4.69, 9.17) is 20.3 Å². The van der Waals surface area contributed by atoms with Gasteiger partial charge in [-0.25, -0.2) is 9.37 Å². The van der Waals surface area contributed by atoms with Gasteiger partial charge in [0.1, 0.15) is 28.8 Å². The maximum atomic E-state index is 15.2. The van der Waals surface area contributed by atoms with Crippen molar-refractivity contribution < 1.29 is 18.7 Å². The lowest BCUT2D eigenvalue weighted by atomic mass is 10.0. The number of rotatable bonds is 8. The molecule has 0 aliphatic carbocycles. The van der Waals surface area contributed by atoms with Gasteiger partial charge >= 0.3 is 0 Å². The van der Waals surface area contributed by atoms with Crippen LogP contribution in [0, 0.1) is 11.7 Å².